The third-order valence-corrected chi connectivity index (χ3v) is 3.52. The summed E-state index contributed by atoms with van der Waals surface area (Å²) in [6.07, 6.45) is 0. The van der Waals surface area contributed by atoms with Crippen LogP contribution in [0.15, 0.2) is 35.5 Å². The molecule has 5 nitrogen and oxygen atoms in total. The second-order valence-corrected chi connectivity index (χ2v) is 5.63. The molecular formula is C15H18N4OS. The molecule has 110 valence electrons. The van der Waals surface area contributed by atoms with Crippen molar-refractivity contribution < 1.29 is 4.74 Å². The number of amidine groups is 1. The highest BCUT2D eigenvalue weighted by Gasteiger charge is 2.01. The monoisotopic (exact) mass is 302 g/mol. The predicted octanol–water partition coefficient (Wildman–Crippen LogP) is 2.55. The molecule has 1 heterocycles. The number of hydrogen-bond acceptors (Lipinski definition) is 5. The standard InChI is InChI=1S/C15H18N4OS/c1-10-9-11(2)19-15(18-10)21-8-7-20-13-5-3-12(4-6-13)14(16)17/h3-6,9H,7-8H2,1-2H3,(H3,16,17). The summed E-state index contributed by atoms with van der Waals surface area (Å²) < 4.78 is 5.64. The molecule has 0 fully saturated rings. The number of benzene rings is 1. The highest BCUT2D eigenvalue weighted by atomic mass is 32.2. The fourth-order valence-corrected chi connectivity index (χ4v) is 2.55. The van der Waals surface area contributed by atoms with Crippen molar-refractivity contribution in [3.05, 3.63) is 47.3 Å². The summed E-state index contributed by atoms with van der Waals surface area (Å²) in [6.45, 7) is 4.50. The summed E-state index contributed by atoms with van der Waals surface area (Å²) >= 11 is 1.57. The van der Waals surface area contributed by atoms with Crippen LogP contribution in [0.25, 0.3) is 0 Å². The number of aromatic nitrogens is 2. The van der Waals surface area contributed by atoms with Gasteiger partial charge in [0.25, 0.3) is 0 Å². The molecule has 2 rings (SSSR count). The average molecular weight is 302 g/mol. The van der Waals surface area contributed by atoms with E-state index in [0.717, 1.165) is 28.0 Å². The third-order valence-electron chi connectivity index (χ3n) is 2.71. The van der Waals surface area contributed by atoms with Gasteiger partial charge in [-0.3, -0.25) is 5.41 Å². The van der Waals surface area contributed by atoms with Crippen LogP contribution in [0.3, 0.4) is 0 Å². The van der Waals surface area contributed by atoms with Crippen molar-refractivity contribution in [3.63, 3.8) is 0 Å². The zero-order chi connectivity index (χ0) is 15.2. The summed E-state index contributed by atoms with van der Waals surface area (Å²) in [7, 11) is 0. The van der Waals surface area contributed by atoms with Crippen LogP contribution in [0.4, 0.5) is 0 Å². The molecule has 0 saturated carbocycles. The van der Waals surface area contributed by atoms with Gasteiger partial charge in [0.2, 0.25) is 0 Å². The van der Waals surface area contributed by atoms with Crippen molar-refractivity contribution >= 4 is 17.6 Å². The van der Waals surface area contributed by atoms with Crippen molar-refractivity contribution in [3.8, 4) is 5.75 Å². The Morgan fingerprint density at radius 3 is 2.38 bits per heavy atom. The highest BCUT2D eigenvalue weighted by molar-refractivity contribution is 7.99. The second-order valence-electron chi connectivity index (χ2n) is 4.57. The van der Waals surface area contributed by atoms with Crippen LogP contribution in [-0.4, -0.2) is 28.2 Å². The molecule has 0 spiro atoms. The van der Waals surface area contributed by atoms with Crippen molar-refractivity contribution in [1.82, 2.24) is 9.97 Å². The predicted molar refractivity (Wildman–Crippen MR) is 85.2 cm³/mol. The van der Waals surface area contributed by atoms with E-state index in [9.17, 15) is 0 Å². The first-order valence-corrected chi connectivity index (χ1v) is 7.55. The Morgan fingerprint density at radius 1 is 1.19 bits per heavy atom. The van der Waals surface area contributed by atoms with E-state index in [0.29, 0.717) is 12.2 Å². The molecule has 0 amide bonds. The van der Waals surface area contributed by atoms with Crippen molar-refractivity contribution in [2.45, 2.75) is 19.0 Å². The van der Waals surface area contributed by atoms with Crippen molar-refractivity contribution in [2.75, 3.05) is 12.4 Å². The minimum atomic E-state index is 0.0593. The van der Waals surface area contributed by atoms with Crippen molar-refractivity contribution in [1.29, 1.82) is 5.41 Å². The Bertz CT molecular complexity index is 608. The summed E-state index contributed by atoms with van der Waals surface area (Å²) in [5.41, 5.74) is 8.05. The molecule has 21 heavy (non-hydrogen) atoms. The number of hydrogen-bond donors (Lipinski definition) is 2. The Hall–Kier alpha value is -2.08. The molecule has 0 bridgehead atoms. The zero-order valence-corrected chi connectivity index (χ0v) is 12.9. The van der Waals surface area contributed by atoms with Crippen LogP contribution in [0.1, 0.15) is 17.0 Å². The van der Waals surface area contributed by atoms with Crippen LogP contribution >= 0.6 is 11.8 Å². The Kier molecular flexibility index (Phi) is 5.16. The van der Waals surface area contributed by atoms with Gasteiger partial charge in [0, 0.05) is 22.7 Å². The van der Waals surface area contributed by atoms with E-state index in [-0.39, 0.29) is 5.84 Å². The first-order chi connectivity index (χ1) is 10.0. The third kappa shape index (κ3) is 4.75. The summed E-state index contributed by atoms with van der Waals surface area (Å²) in [5.74, 6) is 1.60. The fraction of sp³-hybridized carbons (Fsp3) is 0.267. The summed E-state index contributed by atoms with van der Waals surface area (Å²) in [6, 6.07) is 9.14. The molecule has 1 aromatic heterocycles. The number of rotatable bonds is 6. The minimum Gasteiger partial charge on any atom is -0.493 e. The minimum absolute atomic E-state index is 0.0593. The highest BCUT2D eigenvalue weighted by Crippen LogP contribution is 2.16. The van der Waals surface area contributed by atoms with Gasteiger partial charge in [-0.2, -0.15) is 0 Å². The molecule has 0 atom stereocenters. The van der Waals surface area contributed by atoms with Gasteiger partial charge in [0.05, 0.1) is 6.61 Å². The smallest absolute Gasteiger partial charge is 0.188 e. The molecule has 2 aromatic rings. The number of thioether (sulfide) groups is 1. The molecule has 0 aliphatic heterocycles. The average Bonchev–Trinajstić information content (AvgIpc) is 2.43. The van der Waals surface area contributed by atoms with E-state index < -0.39 is 0 Å². The number of nitrogens with zero attached hydrogens (tertiary/aromatic N) is 2. The lowest BCUT2D eigenvalue weighted by molar-refractivity contribution is 0.344. The van der Waals surface area contributed by atoms with Crippen LogP contribution in [0.2, 0.25) is 0 Å². The molecule has 0 aliphatic carbocycles. The molecular weight excluding hydrogens is 284 g/mol. The fourth-order valence-electron chi connectivity index (χ4n) is 1.78. The maximum absolute atomic E-state index is 7.32. The number of nitrogens with one attached hydrogen (secondary N) is 1. The molecule has 0 saturated heterocycles. The quantitative estimate of drug-likeness (QED) is 0.282. The van der Waals surface area contributed by atoms with Crippen molar-refractivity contribution in [2.24, 2.45) is 5.73 Å². The summed E-state index contributed by atoms with van der Waals surface area (Å²) in [5, 5.41) is 8.10. The molecule has 1 aromatic carbocycles. The largest absolute Gasteiger partial charge is 0.493 e. The molecule has 0 radical (unpaired) electrons. The maximum Gasteiger partial charge on any atom is 0.188 e. The lowest BCUT2D eigenvalue weighted by Gasteiger charge is -2.07. The van der Waals surface area contributed by atoms with Crippen LogP contribution in [-0.2, 0) is 0 Å². The van der Waals surface area contributed by atoms with E-state index in [1.165, 1.54) is 0 Å². The molecule has 0 aliphatic rings. The number of nitrogens with two attached hydrogens (primary N) is 1. The van der Waals surface area contributed by atoms with Gasteiger partial charge in [0.1, 0.15) is 11.6 Å². The zero-order valence-electron chi connectivity index (χ0n) is 12.1. The second kappa shape index (κ2) is 7.08. The maximum atomic E-state index is 7.32. The van der Waals surface area contributed by atoms with E-state index in [1.807, 2.05) is 32.0 Å². The lowest BCUT2D eigenvalue weighted by Crippen LogP contribution is -2.10. The lowest BCUT2D eigenvalue weighted by atomic mass is 10.2. The normalized spacial score (nSPS) is 10.4. The number of aryl methyl sites for hydroxylation is 2. The number of ether oxygens (including phenoxy) is 1. The van der Waals surface area contributed by atoms with Gasteiger partial charge in [-0.05, 0) is 44.2 Å². The van der Waals surface area contributed by atoms with Gasteiger partial charge in [-0.15, -0.1) is 0 Å². The van der Waals surface area contributed by atoms with E-state index >= 15 is 0 Å². The van der Waals surface area contributed by atoms with Crippen LogP contribution < -0.4 is 10.5 Å². The molecule has 0 unspecified atom stereocenters. The molecule has 6 heteroatoms. The Labute approximate surface area is 128 Å². The van der Waals surface area contributed by atoms with E-state index in [1.54, 1.807) is 23.9 Å². The van der Waals surface area contributed by atoms with E-state index in [2.05, 4.69) is 9.97 Å². The van der Waals surface area contributed by atoms with Gasteiger partial charge >= 0.3 is 0 Å². The van der Waals surface area contributed by atoms with Crippen LogP contribution in [0, 0.1) is 19.3 Å². The Morgan fingerprint density at radius 2 is 1.81 bits per heavy atom. The van der Waals surface area contributed by atoms with Gasteiger partial charge < -0.3 is 10.5 Å². The topological polar surface area (TPSA) is 84.9 Å². The summed E-state index contributed by atoms with van der Waals surface area (Å²) in [4.78, 5) is 8.74. The van der Waals surface area contributed by atoms with Crippen LogP contribution in [0.5, 0.6) is 5.75 Å². The van der Waals surface area contributed by atoms with Gasteiger partial charge in [0.15, 0.2) is 5.16 Å². The molecule has 3 N–H and O–H groups in total. The Balaban J connectivity index is 1.80. The van der Waals surface area contributed by atoms with Gasteiger partial charge in [-0.25, -0.2) is 9.97 Å². The van der Waals surface area contributed by atoms with E-state index in [4.69, 9.17) is 15.9 Å². The number of nitrogen functional groups attached to an aromatic ring is 1. The first-order valence-electron chi connectivity index (χ1n) is 6.57. The van der Waals surface area contributed by atoms with Gasteiger partial charge in [-0.1, -0.05) is 11.8 Å². The SMILES string of the molecule is Cc1cc(C)nc(SCCOc2ccc(C(=N)N)cc2)n1. The first kappa shape index (κ1) is 15.3.